The van der Waals surface area contributed by atoms with E-state index in [4.69, 9.17) is 0 Å². The van der Waals surface area contributed by atoms with E-state index in [0.29, 0.717) is 24.8 Å². The zero-order valence-corrected chi connectivity index (χ0v) is 15.9. The van der Waals surface area contributed by atoms with E-state index in [1.54, 1.807) is 0 Å². The summed E-state index contributed by atoms with van der Waals surface area (Å²) in [4.78, 5) is 2.50. The van der Waals surface area contributed by atoms with Gasteiger partial charge >= 0.3 is 0 Å². The minimum atomic E-state index is -3.15. The first-order chi connectivity index (χ1) is 11.4. The van der Waals surface area contributed by atoms with Crippen molar-refractivity contribution in [1.82, 2.24) is 9.62 Å². The number of piperidine rings is 1. The van der Waals surface area contributed by atoms with Crippen LogP contribution in [0.2, 0.25) is 0 Å². The fourth-order valence-corrected chi connectivity index (χ4v) is 4.48. The van der Waals surface area contributed by atoms with Crippen molar-refractivity contribution in [3.05, 3.63) is 35.9 Å². The largest absolute Gasteiger partial charge is 0.303 e. The average molecular weight is 353 g/mol. The van der Waals surface area contributed by atoms with Gasteiger partial charge in [-0.25, -0.2) is 13.1 Å². The van der Waals surface area contributed by atoms with Gasteiger partial charge in [-0.3, -0.25) is 0 Å². The normalized spacial score (nSPS) is 17.5. The molecule has 0 radical (unpaired) electrons. The van der Waals surface area contributed by atoms with E-state index in [9.17, 15) is 8.42 Å². The first-order valence-corrected chi connectivity index (χ1v) is 10.8. The van der Waals surface area contributed by atoms with E-state index < -0.39 is 10.0 Å². The van der Waals surface area contributed by atoms with E-state index in [0.717, 1.165) is 38.9 Å². The highest BCUT2D eigenvalue weighted by Gasteiger charge is 2.21. The van der Waals surface area contributed by atoms with Gasteiger partial charge in [0.15, 0.2) is 0 Å². The minimum absolute atomic E-state index is 0.216. The number of benzene rings is 1. The van der Waals surface area contributed by atoms with Crippen molar-refractivity contribution in [3.8, 4) is 0 Å². The minimum Gasteiger partial charge on any atom is -0.303 e. The van der Waals surface area contributed by atoms with Crippen molar-refractivity contribution in [2.75, 3.05) is 31.9 Å². The van der Waals surface area contributed by atoms with Crippen molar-refractivity contribution < 1.29 is 8.42 Å². The summed E-state index contributed by atoms with van der Waals surface area (Å²) in [5.74, 6) is 1.40. The molecule has 1 aromatic rings. The van der Waals surface area contributed by atoms with Gasteiger partial charge in [0, 0.05) is 13.1 Å². The Morgan fingerprint density at radius 1 is 1.17 bits per heavy atom. The number of nitrogens with one attached hydrogen (secondary N) is 1. The van der Waals surface area contributed by atoms with Crippen molar-refractivity contribution in [1.29, 1.82) is 0 Å². The van der Waals surface area contributed by atoms with E-state index in [1.807, 2.05) is 30.3 Å². The maximum absolute atomic E-state index is 12.2. The Hall–Kier alpha value is -0.910. The Labute approximate surface area is 147 Å². The van der Waals surface area contributed by atoms with Gasteiger partial charge < -0.3 is 4.90 Å². The molecule has 0 amide bonds. The van der Waals surface area contributed by atoms with E-state index in [2.05, 4.69) is 23.5 Å². The lowest BCUT2D eigenvalue weighted by Crippen LogP contribution is -2.40. The highest BCUT2D eigenvalue weighted by Crippen LogP contribution is 2.17. The molecule has 0 unspecified atom stereocenters. The molecular weight excluding hydrogens is 320 g/mol. The Bertz CT molecular complexity index is 564. The average Bonchev–Trinajstić information content (AvgIpc) is 2.55. The van der Waals surface area contributed by atoms with Crippen LogP contribution in [-0.4, -0.2) is 45.2 Å². The summed E-state index contributed by atoms with van der Waals surface area (Å²) in [5.41, 5.74) is 1.20. The van der Waals surface area contributed by atoms with Gasteiger partial charge in [-0.05, 0) is 56.2 Å². The Morgan fingerprint density at radius 3 is 2.46 bits per heavy atom. The van der Waals surface area contributed by atoms with Crippen LogP contribution in [-0.2, 0) is 16.4 Å². The lowest BCUT2D eigenvalue weighted by Gasteiger charge is -2.33. The van der Waals surface area contributed by atoms with Gasteiger partial charge in [-0.15, -0.1) is 0 Å². The second kappa shape index (κ2) is 9.54. The number of hydrogen-bond donors (Lipinski definition) is 1. The number of aryl methyl sites for hydroxylation is 1. The fourth-order valence-electron chi connectivity index (χ4n) is 3.32. The Kier molecular flexibility index (Phi) is 7.72. The topological polar surface area (TPSA) is 49.4 Å². The van der Waals surface area contributed by atoms with Gasteiger partial charge in [-0.1, -0.05) is 44.2 Å². The van der Waals surface area contributed by atoms with Crippen molar-refractivity contribution in [3.63, 3.8) is 0 Å². The van der Waals surface area contributed by atoms with Crippen LogP contribution in [0.5, 0.6) is 0 Å². The van der Waals surface area contributed by atoms with Gasteiger partial charge in [0.1, 0.15) is 0 Å². The van der Waals surface area contributed by atoms with Gasteiger partial charge in [0.25, 0.3) is 0 Å². The van der Waals surface area contributed by atoms with Crippen molar-refractivity contribution in [2.45, 2.75) is 39.5 Å². The molecule has 0 spiro atoms. The van der Waals surface area contributed by atoms with Crippen LogP contribution in [0, 0.1) is 11.8 Å². The number of rotatable bonds is 9. The molecule has 1 aliphatic rings. The predicted octanol–water partition coefficient (Wildman–Crippen LogP) is 2.91. The first kappa shape index (κ1) is 19.4. The fraction of sp³-hybridized carbons (Fsp3) is 0.684. The SMILES string of the molecule is CC(C)CN1CCC(CNS(=O)(=O)CCCc2ccccc2)CC1. The van der Waals surface area contributed by atoms with E-state index in [-0.39, 0.29) is 5.75 Å². The molecule has 4 nitrogen and oxygen atoms in total. The molecule has 0 saturated carbocycles. The summed E-state index contributed by atoms with van der Waals surface area (Å²) in [6, 6.07) is 10.1. The second-order valence-electron chi connectivity index (χ2n) is 7.39. The summed E-state index contributed by atoms with van der Waals surface area (Å²) < 4.78 is 27.1. The zero-order valence-electron chi connectivity index (χ0n) is 15.1. The molecule has 1 aliphatic heterocycles. The summed E-state index contributed by atoms with van der Waals surface area (Å²) in [5, 5.41) is 0. The molecule has 0 aliphatic carbocycles. The summed E-state index contributed by atoms with van der Waals surface area (Å²) in [7, 11) is -3.15. The smallest absolute Gasteiger partial charge is 0.211 e. The van der Waals surface area contributed by atoms with Crippen LogP contribution in [0.4, 0.5) is 0 Å². The lowest BCUT2D eigenvalue weighted by atomic mass is 9.96. The lowest BCUT2D eigenvalue weighted by molar-refractivity contribution is 0.169. The first-order valence-electron chi connectivity index (χ1n) is 9.18. The molecule has 1 heterocycles. The van der Waals surface area contributed by atoms with E-state index in [1.165, 1.54) is 5.56 Å². The van der Waals surface area contributed by atoms with Crippen molar-refractivity contribution >= 4 is 10.0 Å². The molecule has 0 atom stereocenters. The van der Waals surface area contributed by atoms with Crippen LogP contribution in [0.1, 0.15) is 38.7 Å². The molecule has 0 aromatic heterocycles. The van der Waals surface area contributed by atoms with Gasteiger partial charge in [0.2, 0.25) is 10.0 Å². The number of nitrogens with zero attached hydrogens (tertiary/aromatic N) is 1. The van der Waals surface area contributed by atoms with Crippen LogP contribution in [0.15, 0.2) is 30.3 Å². The summed E-state index contributed by atoms with van der Waals surface area (Å²) in [6.45, 7) is 8.43. The number of likely N-dealkylation sites (tertiary alicyclic amines) is 1. The quantitative estimate of drug-likeness (QED) is 0.743. The molecule has 1 aromatic carbocycles. The van der Waals surface area contributed by atoms with Crippen molar-refractivity contribution in [2.24, 2.45) is 11.8 Å². The monoisotopic (exact) mass is 352 g/mol. The maximum Gasteiger partial charge on any atom is 0.211 e. The highest BCUT2D eigenvalue weighted by molar-refractivity contribution is 7.89. The third-order valence-corrected chi connectivity index (χ3v) is 6.08. The van der Waals surface area contributed by atoms with Gasteiger partial charge in [-0.2, -0.15) is 0 Å². The molecule has 0 bridgehead atoms. The third kappa shape index (κ3) is 7.32. The highest BCUT2D eigenvalue weighted by atomic mass is 32.2. The molecule has 1 N–H and O–H groups in total. The summed E-state index contributed by atoms with van der Waals surface area (Å²) in [6.07, 6.45) is 3.68. The molecular formula is C19H32N2O2S. The van der Waals surface area contributed by atoms with Gasteiger partial charge in [0.05, 0.1) is 5.75 Å². The Balaban J connectivity index is 1.64. The molecule has 24 heavy (non-hydrogen) atoms. The third-order valence-electron chi connectivity index (χ3n) is 4.64. The predicted molar refractivity (Wildman–Crippen MR) is 101 cm³/mol. The second-order valence-corrected chi connectivity index (χ2v) is 9.32. The van der Waals surface area contributed by atoms with Crippen LogP contribution >= 0.6 is 0 Å². The standard InChI is InChI=1S/C19H32N2O2S/c1-17(2)16-21-12-10-19(11-13-21)15-20-24(22,23)14-6-9-18-7-4-3-5-8-18/h3-5,7-8,17,19-20H,6,9-16H2,1-2H3. The maximum atomic E-state index is 12.2. The molecule has 1 saturated heterocycles. The van der Waals surface area contributed by atoms with Crippen LogP contribution in [0.25, 0.3) is 0 Å². The molecule has 136 valence electrons. The molecule has 1 fully saturated rings. The molecule has 5 heteroatoms. The zero-order chi connectivity index (χ0) is 17.4. The van der Waals surface area contributed by atoms with Crippen LogP contribution in [0.3, 0.4) is 0 Å². The number of sulfonamides is 1. The summed E-state index contributed by atoms with van der Waals surface area (Å²) >= 11 is 0. The Morgan fingerprint density at radius 2 is 1.83 bits per heavy atom. The molecule has 2 rings (SSSR count). The van der Waals surface area contributed by atoms with Crippen LogP contribution < -0.4 is 4.72 Å². The van der Waals surface area contributed by atoms with E-state index >= 15 is 0 Å². The number of hydrogen-bond acceptors (Lipinski definition) is 3.